The molecule has 1 aliphatic heterocycles. The number of halogens is 2. The zero-order valence-corrected chi connectivity index (χ0v) is 9.39. The van der Waals surface area contributed by atoms with Crippen molar-refractivity contribution in [3.8, 4) is 0 Å². The molecule has 0 saturated heterocycles. The third-order valence-electron chi connectivity index (χ3n) is 2.25. The molecule has 1 aromatic carbocycles. The second kappa shape index (κ2) is 5.28. The van der Waals surface area contributed by atoms with Gasteiger partial charge in [0.25, 0.3) is 0 Å². The Bertz CT molecular complexity index is 323. The molecule has 0 saturated carbocycles. The van der Waals surface area contributed by atoms with Crippen LogP contribution in [0.5, 0.6) is 0 Å². The van der Waals surface area contributed by atoms with E-state index in [4.69, 9.17) is 11.6 Å². The third kappa shape index (κ3) is 2.43. The normalized spacial score (nSPS) is 15.1. The zero-order valence-electron chi connectivity index (χ0n) is 7.82. The molecule has 0 atom stereocenters. The van der Waals surface area contributed by atoms with Crippen molar-refractivity contribution in [2.75, 3.05) is 18.0 Å². The first-order chi connectivity index (χ1) is 6.38. The van der Waals surface area contributed by atoms with Crippen molar-refractivity contribution < 1.29 is 0 Å². The van der Waals surface area contributed by atoms with Gasteiger partial charge in [-0.3, -0.25) is 0 Å². The minimum Gasteiger partial charge on any atom is -0.366 e. The molecule has 0 N–H and O–H groups in total. The minimum absolute atomic E-state index is 0. The van der Waals surface area contributed by atoms with Gasteiger partial charge in [-0.1, -0.05) is 35.9 Å². The van der Waals surface area contributed by atoms with Crippen LogP contribution in [0.3, 0.4) is 0 Å². The molecule has 0 unspecified atom stereocenters. The summed E-state index contributed by atoms with van der Waals surface area (Å²) in [6.07, 6.45) is 5.52. The van der Waals surface area contributed by atoms with Gasteiger partial charge in [0.15, 0.2) is 0 Å². The van der Waals surface area contributed by atoms with E-state index in [-0.39, 0.29) is 12.4 Å². The van der Waals surface area contributed by atoms with E-state index in [9.17, 15) is 0 Å². The van der Waals surface area contributed by atoms with Gasteiger partial charge in [0.05, 0.1) is 10.7 Å². The van der Waals surface area contributed by atoms with Crippen LogP contribution >= 0.6 is 24.0 Å². The topological polar surface area (TPSA) is 3.24 Å². The van der Waals surface area contributed by atoms with Crippen LogP contribution in [-0.2, 0) is 0 Å². The van der Waals surface area contributed by atoms with E-state index in [1.807, 2.05) is 18.2 Å². The summed E-state index contributed by atoms with van der Waals surface area (Å²) in [5.41, 5.74) is 1.15. The highest BCUT2D eigenvalue weighted by molar-refractivity contribution is 6.33. The fraction of sp³-hybridized carbons (Fsp3) is 0.273. The van der Waals surface area contributed by atoms with Crippen molar-refractivity contribution >= 4 is 29.7 Å². The first-order valence-corrected chi connectivity index (χ1v) is 4.90. The summed E-state index contributed by atoms with van der Waals surface area (Å²) in [7, 11) is 0. The van der Waals surface area contributed by atoms with Gasteiger partial charge >= 0.3 is 0 Å². The molecule has 1 heterocycles. The number of hydrogen-bond acceptors (Lipinski definition) is 1. The van der Waals surface area contributed by atoms with Gasteiger partial charge in [-0.2, -0.15) is 0 Å². The molecule has 76 valence electrons. The van der Waals surface area contributed by atoms with Gasteiger partial charge in [0, 0.05) is 13.1 Å². The minimum atomic E-state index is 0. The number of hydrogen-bond donors (Lipinski definition) is 0. The molecule has 14 heavy (non-hydrogen) atoms. The lowest BCUT2D eigenvalue weighted by Crippen LogP contribution is -2.26. The molecule has 0 aromatic heterocycles. The summed E-state index contributed by atoms with van der Waals surface area (Å²) in [6.45, 7) is 2.05. The van der Waals surface area contributed by atoms with Crippen LogP contribution < -0.4 is 4.90 Å². The van der Waals surface area contributed by atoms with Gasteiger partial charge in [0.1, 0.15) is 0 Å². The smallest absolute Gasteiger partial charge is 0.0639 e. The molecular formula is C11H13Cl2N. The van der Waals surface area contributed by atoms with Crippen LogP contribution in [0, 0.1) is 0 Å². The Morgan fingerprint density at radius 1 is 1.14 bits per heavy atom. The molecule has 1 aromatic rings. The lowest BCUT2D eigenvalue weighted by Gasteiger charge is -2.26. The van der Waals surface area contributed by atoms with Crippen molar-refractivity contribution in [1.29, 1.82) is 0 Å². The van der Waals surface area contributed by atoms with Crippen molar-refractivity contribution in [3.05, 3.63) is 41.4 Å². The lowest BCUT2D eigenvalue weighted by atomic mass is 10.2. The van der Waals surface area contributed by atoms with Crippen molar-refractivity contribution in [3.63, 3.8) is 0 Å². The van der Waals surface area contributed by atoms with Crippen LogP contribution in [0.15, 0.2) is 36.4 Å². The number of anilines is 1. The quantitative estimate of drug-likeness (QED) is 0.667. The van der Waals surface area contributed by atoms with Crippen molar-refractivity contribution in [2.24, 2.45) is 0 Å². The summed E-state index contributed by atoms with van der Waals surface area (Å²) in [5.74, 6) is 0. The molecule has 0 amide bonds. The maximum Gasteiger partial charge on any atom is 0.0639 e. The Morgan fingerprint density at radius 3 is 2.57 bits per heavy atom. The summed E-state index contributed by atoms with van der Waals surface area (Å²) in [5, 5.41) is 0.845. The molecule has 0 fully saturated rings. The molecule has 0 aliphatic carbocycles. The molecular weight excluding hydrogens is 217 g/mol. The van der Waals surface area contributed by atoms with Gasteiger partial charge in [-0.25, -0.2) is 0 Å². The fourth-order valence-electron chi connectivity index (χ4n) is 1.57. The average Bonchev–Trinajstić information content (AvgIpc) is 2.20. The van der Waals surface area contributed by atoms with E-state index in [1.54, 1.807) is 0 Å². The highest BCUT2D eigenvalue weighted by Crippen LogP contribution is 2.26. The van der Waals surface area contributed by atoms with E-state index in [0.29, 0.717) is 0 Å². The second-order valence-corrected chi connectivity index (χ2v) is 3.56. The van der Waals surface area contributed by atoms with Crippen molar-refractivity contribution in [2.45, 2.75) is 6.42 Å². The van der Waals surface area contributed by atoms with Crippen LogP contribution in [0.2, 0.25) is 5.02 Å². The van der Waals surface area contributed by atoms with Crippen molar-refractivity contribution in [1.82, 2.24) is 0 Å². The number of para-hydroxylation sites is 1. The summed E-state index contributed by atoms with van der Waals surface area (Å²) in [4.78, 5) is 2.29. The third-order valence-corrected chi connectivity index (χ3v) is 2.57. The standard InChI is InChI=1S/C11H12ClN.ClH/c12-10-6-2-3-7-11(10)13-8-4-1-5-9-13;/h1-4,6-7H,5,8-9H2;1H. The predicted molar refractivity (Wildman–Crippen MR) is 64.7 cm³/mol. The first kappa shape index (κ1) is 11.4. The van der Waals surface area contributed by atoms with E-state index in [0.717, 1.165) is 30.2 Å². The molecule has 0 radical (unpaired) electrons. The Morgan fingerprint density at radius 2 is 1.93 bits per heavy atom. The SMILES string of the molecule is Cl.Clc1ccccc1N1CC=CCC1. The van der Waals surface area contributed by atoms with E-state index in [1.165, 1.54) is 0 Å². The van der Waals surface area contributed by atoms with Crippen LogP contribution in [0.25, 0.3) is 0 Å². The molecule has 1 nitrogen and oxygen atoms in total. The summed E-state index contributed by atoms with van der Waals surface area (Å²) in [6, 6.07) is 8.00. The molecule has 2 rings (SSSR count). The average molecular weight is 230 g/mol. The Labute approximate surface area is 95.8 Å². The molecule has 0 spiro atoms. The van der Waals surface area contributed by atoms with E-state index in [2.05, 4.69) is 23.1 Å². The fourth-order valence-corrected chi connectivity index (χ4v) is 1.82. The molecule has 1 aliphatic rings. The van der Waals surface area contributed by atoms with Gasteiger partial charge in [-0.05, 0) is 18.6 Å². The second-order valence-electron chi connectivity index (χ2n) is 3.16. The largest absolute Gasteiger partial charge is 0.366 e. The van der Waals surface area contributed by atoms with E-state index < -0.39 is 0 Å². The number of rotatable bonds is 1. The van der Waals surface area contributed by atoms with Gasteiger partial charge < -0.3 is 4.90 Å². The Kier molecular flexibility index (Phi) is 4.30. The molecule has 3 heteroatoms. The monoisotopic (exact) mass is 229 g/mol. The van der Waals surface area contributed by atoms with Crippen LogP contribution in [-0.4, -0.2) is 13.1 Å². The molecule has 0 bridgehead atoms. The van der Waals surface area contributed by atoms with Crippen LogP contribution in [0.4, 0.5) is 5.69 Å². The number of nitrogens with zero attached hydrogens (tertiary/aromatic N) is 1. The Balaban J connectivity index is 0.000000980. The maximum atomic E-state index is 6.09. The van der Waals surface area contributed by atoms with Crippen LogP contribution in [0.1, 0.15) is 6.42 Å². The highest BCUT2D eigenvalue weighted by atomic mass is 35.5. The Hall–Kier alpha value is -0.660. The maximum absolute atomic E-state index is 6.09. The first-order valence-electron chi connectivity index (χ1n) is 4.52. The lowest BCUT2D eigenvalue weighted by molar-refractivity contribution is 0.821. The van der Waals surface area contributed by atoms with Gasteiger partial charge in [0.2, 0.25) is 0 Å². The highest BCUT2D eigenvalue weighted by Gasteiger charge is 2.09. The summed E-state index contributed by atoms with van der Waals surface area (Å²) >= 11 is 6.09. The predicted octanol–water partition coefficient (Wildman–Crippen LogP) is 3.53. The summed E-state index contributed by atoms with van der Waals surface area (Å²) < 4.78 is 0. The van der Waals surface area contributed by atoms with E-state index >= 15 is 0 Å². The zero-order chi connectivity index (χ0) is 9.10. The number of benzene rings is 1. The van der Waals surface area contributed by atoms with Gasteiger partial charge in [-0.15, -0.1) is 12.4 Å².